The standard InChI is InChI=1S/C15H24N2O2S/c1-15(2,3)19-14(18)17-13(12-4-5-12)9-16-8-11-6-7-20-10-11/h6-7,10,12-13,16H,4-5,8-9H2,1-3H3,(H,17,18). The normalized spacial score (nSPS) is 16.8. The first-order valence-corrected chi connectivity index (χ1v) is 8.09. The number of alkyl carbamates (subject to hydrolysis) is 1. The Kier molecular flexibility index (Phi) is 5.05. The molecule has 0 saturated heterocycles. The quantitative estimate of drug-likeness (QED) is 0.848. The summed E-state index contributed by atoms with van der Waals surface area (Å²) in [7, 11) is 0. The number of ether oxygens (including phenoxy) is 1. The smallest absolute Gasteiger partial charge is 0.407 e. The van der Waals surface area contributed by atoms with Crippen LogP contribution in [-0.4, -0.2) is 24.3 Å². The summed E-state index contributed by atoms with van der Waals surface area (Å²) in [6.07, 6.45) is 2.08. The molecule has 20 heavy (non-hydrogen) atoms. The van der Waals surface area contributed by atoms with Crippen molar-refractivity contribution in [3.8, 4) is 0 Å². The van der Waals surface area contributed by atoms with Crippen molar-refractivity contribution >= 4 is 17.4 Å². The number of thiophene rings is 1. The van der Waals surface area contributed by atoms with Gasteiger partial charge in [-0.15, -0.1) is 0 Å². The molecule has 1 aliphatic carbocycles. The summed E-state index contributed by atoms with van der Waals surface area (Å²) in [6, 6.07) is 2.29. The highest BCUT2D eigenvalue weighted by Gasteiger charge is 2.33. The van der Waals surface area contributed by atoms with Crippen molar-refractivity contribution in [2.24, 2.45) is 5.92 Å². The van der Waals surface area contributed by atoms with Crippen LogP contribution < -0.4 is 10.6 Å². The first-order valence-electron chi connectivity index (χ1n) is 7.15. The van der Waals surface area contributed by atoms with E-state index in [1.165, 1.54) is 18.4 Å². The molecule has 2 N–H and O–H groups in total. The van der Waals surface area contributed by atoms with Crippen LogP contribution in [0.1, 0.15) is 39.2 Å². The van der Waals surface area contributed by atoms with Crippen LogP contribution in [-0.2, 0) is 11.3 Å². The zero-order chi connectivity index (χ0) is 14.6. The van der Waals surface area contributed by atoms with E-state index in [-0.39, 0.29) is 12.1 Å². The number of carbonyl (C=O) groups is 1. The average Bonchev–Trinajstić information content (AvgIpc) is 3.04. The van der Waals surface area contributed by atoms with Crippen molar-refractivity contribution in [2.75, 3.05) is 6.54 Å². The van der Waals surface area contributed by atoms with E-state index < -0.39 is 5.60 Å². The molecule has 0 aliphatic heterocycles. The maximum atomic E-state index is 11.8. The van der Waals surface area contributed by atoms with Crippen LogP contribution in [0.3, 0.4) is 0 Å². The maximum absolute atomic E-state index is 11.8. The Balaban J connectivity index is 1.74. The predicted molar refractivity (Wildman–Crippen MR) is 81.9 cm³/mol. The highest BCUT2D eigenvalue weighted by atomic mass is 32.1. The molecule has 112 valence electrons. The summed E-state index contributed by atoms with van der Waals surface area (Å²) < 4.78 is 5.32. The van der Waals surface area contributed by atoms with Gasteiger partial charge in [-0.2, -0.15) is 11.3 Å². The van der Waals surface area contributed by atoms with Crippen molar-refractivity contribution < 1.29 is 9.53 Å². The third-order valence-corrected chi connectivity index (χ3v) is 3.90. The van der Waals surface area contributed by atoms with Crippen molar-refractivity contribution in [2.45, 2.75) is 51.8 Å². The third-order valence-electron chi connectivity index (χ3n) is 3.17. The maximum Gasteiger partial charge on any atom is 0.407 e. The molecule has 0 bridgehead atoms. The van der Waals surface area contributed by atoms with E-state index in [1.807, 2.05) is 20.8 Å². The van der Waals surface area contributed by atoms with Crippen LogP contribution in [0.2, 0.25) is 0 Å². The van der Waals surface area contributed by atoms with Gasteiger partial charge in [0, 0.05) is 19.1 Å². The molecule has 1 unspecified atom stereocenters. The topological polar surface area (TPSA) is 50.4 Å². The Hall–Kier alpha value is -1.07. The molecule has 1 heterocycles. The fourth-order valence-electron chi connectivity index (χ4n) is 2.06. The van der Waals surface area contributed by atoms with Gasteiger partial charge in [-0.25, -0.2) is 4.79 Å². The zero-order valence-electron chi connectivity index (χ0n) is 12.4. The average molecular weight is 296 g/mol. The predicted octanol–water partition coefficient (Wildman–Crippen LogP) is 3.14. The molecule has 1 fully saturated rings. The summed E-state index contributed by atoms with van der Waals surface area (Å²) >= 11 is 1.70. The molecule has 1 aromatic rings. The molecular weight excluding hydrogens is 272 g/mol. The molecule has 0 radical (unpaired) electrons. The van der Waals surface area contributed by atoms with E-state index in [4.69, 9.17) is 4.74 Å². The number of rotatable bonds is 6. The monoisotopic (exact) mass is 296 g/mol. The first kappa shape index (κ1) is 15.3. The molecule has 5 heteroatoms. The lowest BCUT2D eigenvalue weighted by molar-refractivity contribution is 0.0497. The van der Waals surface area contributed by atoms with Crippen molar-refractivity contribution in [3.63, 3.8) is 0 Å². The lowest BCUT2D eigenvalue weighted by atomic mass is 10.2. The fraction of sp³-hybridized carbons (Fsp3) is 0.667. The zero-order valence-corrected chi connectivity index (χ0v) is 13.3. The van der Waals surface area contributed by atoms with E-state index in [0.29, 0.717) is 5.92 Å². The minimum absolute atomic E-state index is 0.170. The SMILES string of the molecule is CC(C)(C)OC(=O)NC(CNCc1ccsc1)C1CC1. The molecule has 1 atom stereocenters. The van der Waals surface area contributed by atoms with Crippen molar-refractivity contribution in [1.29, 1.82) is 0 Å². The molecule has 1 amide bonds. The van der Waals surface area contributed by atoms with E-state index in [1.54, 1.807) is 11.3 Å². The molecule has 2 rings (SSSR count). The minimum Gasteiger partial charge on any atom is -0.444 e. The van der Waals surface area contributed by atoms with Gasteiger partial charge in [0.15, 0.2) is 0 Å². The molecule has 1 saturated carbocycles. The van der Waals surface area contributed by atoms with Gasteiger partial charge < -0.3 is 15.4 Å². The highest BCUT2D eigenvalue weighted by molar-refractivity contribution is 7.07. The van der Waals surface area contributed by atoms with Crippen LogP contribution in [0, 0.1) is 5.92 Å². The molecule has 1 aromatic heterocycles. The fourth-order valence-corrected chi connectivity index (χ4v) is 2.73. The van der Waals surface area contributed by atoms with Gasteiger partial charge in [0.2, 0.25) is 0 Å². The summed E-state index contributed by atoms with van der Waals surface area (Å²) in [5, 5.41) is 10.6. The molecular formula is C15H24N2O2S. The first-order chi connectivity index (χ1) is 9.44. The van der Waals surface area contributed by atoms with E-state index in [2.05, 4.69) is 27.5 Å². The lowest BCUT2D eigenvalue weighted by Crippen LogP contribution is -2.45. The van der Waals surface area contributed by atoms with Gasteiger partial charge in [-0.05, 0) is 61.9 Å². The second-order valence-corrected chi connectivity index (χ2v) is 7.13. The van der Waals surface area contributed by atoms with Crippen LogP contribution in [0.25, 0.3) is 0 Å². The third kappa shape index (κ3) is 5.51. The van der Waals surface area contributed by atoms with E-state index in [9.17, 15) is 4.79 Å². The van der Waals surface area contributed by atoms with E-state index >= 15 is 0 Å². The molecule has 4 nitrogen and oxygen atoms in total. The van der Waals surface area contributed by atoms with Crippen LogP contribution >= 0.6 is 11.3 Å². The highest BCUT2D eigenvalue weighted by Crippen LogP contribution is 2.32. The minimum atomic E-state index is -0.442. The van der Waals surface area contributed by atoms with Gasteiger partial charge in [-0.1, -0.05) is 0 Å². The summed E-state index contributed by atoms with van der Waals surface area (Å²) in [5.74, 6) is 0.595. The summed E-state index contributed by atoms with van der Waals surface area (Å²) in [4.78, 5) is 11.8. The van der Waals surface area contributed by atoms with Crippen molar-refractivity contribution in [3.05, 3.63) is 22.4 Å². The second kappa shape index (κ2) is 6.59. The molecule has 1 aliphatic rings. The van der Waals surface area contributed by atoms with Crippen LogP contribution in [0.5, 0.6) is 0 Å². The van der Waals surface area contributed by atoms with Crippen LogP contribution in [0.15, 0.2) is 16.8 Å². The molecule has 0 spiro atoms. The summed E-state index contributed by atoms with van der Waals surface area (Å²) in [5.41, 5.74) is 0.851. The number of amides is 1. The Bertz CT molecular complexity index is 422. The Labute approximate surface area is 124 Å². The van der Waals surface area contributed by atoms with Crippen LogP contribution in [0.4, 0.5) is 4.79 Å². The van der Waals surface area contributed by atoms with Gasteiger partial charge in [0.25, 0.3) is 0 Å². The van der Waals surface area contributed by atoms with Gasteiger partial charge >= 0.3 is 6.09 Å². The largest absolute Gasteiger partial charge is 0.444 e. The Morgan fingerprint density at radius 2 is 2.25 bits per heavy atom. The van der Waals surface area contributed by atoms with Gasteiger partial charge in [0.1, 0.15) is 5.60 Å². The lowest BCUT2D eigenvalue weighted by Gasteiger charge is -2.23. The second-order valence-electron chi connectivity index (χ2n) is 6.35. The van der Waals surface area contributed by atoms with E-state index in [0.717, 1.165) is 13.1 Å². The van der Waals surface area contributed by atoms with Gasteiger partial charge in [0.05, 0.1) is 0 Å². The number of hydrogen-bond acceptors (Lipinski definition) is 4. The number of nitrogens with one attached hydrogen (secondary N) is 2. The Morgan fingerprint density at radius 1 is 1.50 bits per heavy atom. The van der Waals surface area contributed by atoms with Crippen molar-refractivity contribution in [1.82, 2.24) is 10.6 Å². The molecule has 0 aromatic carbocycles. The van der Waals surface area contributed by atoms with Gasteiger partial charge in [-0.3, -0.25) is 0 Å². The summed E-state index contributed by atoms with van der Waals surface area (Å²) in [6.45, 7) is 7.29. The number of hydrogen-bond donors (Lipinski definition) is 2. The number of carbonyl (C=O) groups excluding carboxylic acids is 1. The Morgan fingerprint density at radius 3 is 2.80 bits per heavy atom.